The van der Waals surface area contributed by atoms with Crippen molar-refractivity contribution < 1.29 is 18.0 Å². The summed E-state index contributed by atoms with van der Waals surface area (Å²) in [5.41, 5.74) is 0. The van der Waals surface area contributed by atoms with Crippen molar-refractivity contribution in [3.8, 4) is 6.07 Å². The molecular weight excluding hydrogens is 161 g/mol. The number of carbonyl (C=O) groups excluding carboxylic acids is 1. The maximum absolute atomic E-state index is 11.5. The summed E-state index contributed by atoms with van der Waals surface area (Å²) < 4.78 is 34.5. The molecule has 0 saturated heterocycles. The van der Waals surface area contributed by atoms with Gasteiger partial charge >= 0.3 is 6.18 Å². The van der Waals surface area contributed by atoms with Crippen LogP contribution in [-0.4, -0.2) is 30.6 Å². The van der Waals surface area contributed by atoms with Gasteiger partial charge in [0.15, 0.2) is 0 Å². The first-order valence-corrected chi connectivity index (χ1v) is 2.62. The quantitative estimate of drug-likeness (QED) is 0.453. The molecule has 0 spiro atoms. The van der Waals surface area contributed by atoms with E-state index < -0.39 is 19.3 Å². The van der Waals surface area contributed by atoms with Crippen molar-refractivity contribution in [3.63, 3.8) is 0 Å². The molecule has 0 aliphatic heterocycles. The summed E-state index contributed by atoms with van der Waals surface area (Å²) in [5.74, 6) is 0. The molecule has 3 nitrogen and oxygen atoms in total. The predicted molar refractivity (Wildman–Crippen MR) is 29.3 cm³/mol. The van der Waals surface area contributed by atoms with E-state index in [0.717, 1.165) is 0 Å². The summed E-state index contributed by atoms with van der Waals surface area (Å²) in [6.07, 6.45) is -4.44. The molecule has 0 bridgehead atoms. The predicted octanol–water partition coefficient (Wildman–Crippen LogP) is 0.531. The molecule has 0 rings (SSSR count). The van der Waals surface area contributed by atoms with Crippen LogP contribution in [0.15, 0.2) is 0 Å². The van der Waals surface area contributed by atoms with Crippen molar-refractivity contribution >= 4 is 6.41 Å². The Morgan fingerprint density at radius 2 is 2.09 bits per heavy atom. The third kappa shape index (κ3) is 5.21. The molecule has 0 aromatic rings. The summed E-state index contributed by atoms with van der Waals surface area (Å²) in [6, 6.07) is 1.44. The standard InChI is InChI=1S/C5H5F3N2O/c6-5(7,8)3-10(4-11)2-1-9/h4H,2-3H2. The molecule has 0 unspecified atom stereocenters. The minimum atomic E-state index is -4.43. The smallest absolute Gasteiger partial charge is 0.323 e. The van der Waals surface area contributed by atoms with Crippen LogP contribution in [0.25, 0.3) is 0 Å². The van der Waals surface area contributed by atoms with E-state index >= 15 is 0 Å². The Morgan fingerprint density at radius 1 is 1.55 bits per heavy atom. The molecule has 0 aromatic heterocycles. The number of carbonyl (C=O) groups is 1. The Balaban J connectivity index is 3.90. The first kappa shape index (κ1) is 9.75. The summed E-state index contributed by atoms with van der Waals surface area (Å²) in [5, 5.41) is 7.95. The third-order valence-electron chi connectivity index (χ3n) is 0.805. The highest BCUT2D eigenvalue weighted by atomic mass is 19.4. The second-order valence-corrected chi connectivity index (χ2v) is 1.78. The number of nitriles is 1. The van der Waals surface area contributed by atoms with E-state index in [1.807, 2.05) is 0 Å². The van der Waals surface area contributed by atoms with Crippen molar-refractivity contribution in [1.82, 2.24) is 4.90 Å². The van der Waals surface area contributed by atoms with Crippen LogP contribution in [0, 0.1) is 11.3 Å². The van der Waals surface area contributed by atoms with Crippen LogP contribution in [0.5, 0.6) is 0 Å². The van der Waals surface area contributed by atoms with Crippen molar-refractivity contribution in [1.29, 1.82) is 5.26 Å². The van der Waals surface area contributed by atoms with Gasteiger partial charge in [0.25, 0.3) is 0 Å². The van der Waals surface area contributed by atoms with Crippen LogP contribution >= 0.6 is 0 Å². The monoisotopic (exact) mass is 166 g/mol. The van der Waals surface area contributed by atoms with Crippen molar-refractivity contribution in [2.75, 3.05) is 13.1 Å². The molecule has 0 aromatic carbocycles. The largest absolute Gasteiger partial charge is 0.406 e. The average molecular weight is 166 g/mol. The zero-order valence-corrected chi connectivity index (χ0v) is 5.43. The van der Waals surface area contributed by atoms with Gasteiger partial charge in [-0.05, 0) is 0 Å². The number of rotatable bonds is 3. The molecule has 0 N–H and O–H groups in total. The minimum Gasteiger partial charge on any atom is -0.323 e. The van der Waals surface area contributed by atoms with Gasteiger partial charge in [0, 0.05) is 0 Å². The Labute approximate surface area is 61.0 Å². The average Bonchev–Trinajstić information content (AvgIpc) is 1.84. The lowest BCUT2D eigenvalue weighted by Crippen LogP contribution is -2.33. The van der Waals surface area contributed by atoms with Crippen LogP contribution in [0.3, 0.4) is 0 Å². The van der Waals surface area contributed by atoms with Gasteiger partial charge in [-0.3, -0.25) is 4.79 Å². The van der Waals surface area contributed by atoms with Gasteiger partial charge < -0.3 is 4.90 Å². The highest BCUT2D eigenvalue weighted by Crippen LogP contribution is 2.14. The SMILES string of the molecule is N#CCN(C=O)CC(F)(F)F. The lowest BCUT2D eigenvalue weighted by Gasteiger charge is -2.14. The fourth-order valence-corrected chi connectivity index (χ4v) is 0.452. The first-order valence-electron chi connectivity index (χ1n) is 2.62. The van der Waals surface area contributed by atoms with E-state index in [9.17, 15) is 18.0 Å². The molecule has 0 aliphatic rings. The third-order valence-corrected chi connectivity index (χ3v) is 0.805. The Hall–Kier alpha value is -1.25. The highest BCUT2D eigenvalue weighted by Gasteiger charge is 2.29. The van der Waals surface area contributed by atoms with Gasteiger partial charge in [0.1, 0.15) is 13.1 Å². The molecule has 0 aliphatic carbocycles. The van der Waals surface area contributed by atoms with Crippen molar-refractivity contribution in [2.45, 2.75) is 6.18 Å². The number of hydrogen-bond donors (Lipinski definition) is 0. The lowest BCUT2D eigenvalue weighted by molar-refractivity contribution is -0.152. The zero-order chi connectivity index (χ0) is 8.91. The second kappa shape index (κ2) is 3.81. The summed E-state index contributed by atoms with van der Waals surface area (Å²) in [6.45, 7) is -1.91. The van der Waals surface area contributed by atoms with Gasteiger partial charge in [-0.2, -0.15) is 18.4 Å². The van der Waals surface area contributed by atoms with E-state index in [0.29, 0.717) is 4.90 Å². The maximum Gasteiger partial charge on any atom is 0.406 e. The topological polar surface area (TPSA) is 44.1 Å². The Kier molecular flexibility index (Phi) is 3.37. The van der Waals surface area contributed by atoms with Gasteiger partial charge in [-0.1, -0.05) is 0 Å². The summed E-state index contributed by atoms with van der Waals surface area (Å²) >= 11 is 0. The van der Waals surface area contributed by atoms with Crippen LogP contribution in [-0.2, 0) is 4.79 Å². The van der Waals surface area contributed by atoms with Gasteiger partial charge in [0.05, 0.1) is 6.07 Å². The zero-order valence-electron chi connectivity index (χ0n) is 5.43. The van der Waals surface area contributed by atoms with Crippen LogP contribution in [0.1, 0.15) is 0 Å². The highest BCUT2D eigenvalue weighted by molar-refractivity contribution is 5.47. The van der Waals surface area contributed by atoms with Gasteiger partial charge in [-0.15, -0.1) is 0 Å². The molecule has 0 heterocycles. The molecule has 11 heavy (non-hydrogen) atoms. The van der Waals surface area contributed by atoms with E-state index in [1.165, 1.54) is 6.07 Å². The van der Waals surface area contributed by atoms with E-state index in [2.05, 4.69) is 0 Å². The van der Waals surface area contributed by atoms with E-state index in [4.69, 9.17) is 5.26 Å². The molecule has 0 saturated carbocycles. The molecule has 62 valence electrons. The normalized spacial score (nSPS) is 10.4. The molecule has 1 amide bonds. The molecule has 0 fully saturated rings. The van der Waals surface area contributed by atoms with E-state index in [-0.39, 0.29) is 6.41 Å². The first-order chi connectivity index (χ1) is 4.99. The lowest BCUT2D eigenvalue weighted by atomic mass is 10.5. The molecule has 0 atom stereocenters. The number of halogens is 3. The van der Waals surface area contributed by atoms with Crippen LogP contribution < -0.4 is 0 Å². The maximum atomic E-state index is 11.5. The van der Waals surface area contributed by atoms with Crippen molar-refractivity contribution in [3.05, 3.63) is 0 Å². The summed E-state index contributed by atoms with van der Waals surface area (Å²) in [4.78, 5) is 10.2. The van der Waals surface area contributed by atoms with Crippen LogP contribution in [0.4, 0.5) is 13.2 Å². The van der Waals surface area contributed by atoms with Gasteiger partial charge in [-0.25, -0.2) is 0 Å². The van der Waals surface area contributed by atoms with Gasteiger partial charge in [0.2, 0.25) is 6.41 Å². The fourth-order valence-electron chi connectivity index (χ4n) is 0.452. The number of nitrogens with zero attached hydrogens (tertiary/aromatic N) is 2. The minimum absolute atomic E-state index is 0.00326. The van der Waals surface area contributed by atoms with Crippen LogP contribution in [0.2, 0.25) is 0 Å². The Bertz CT molecular complexity index is 172. The molecular formula is C5H5F3N2O. The van der Waals surface area contributed by atoms with Crippen molar-refractivity contribution in [2.24, 2.45) is 0 Å². The second-order valence-electron chi connectivity index (χ2n) is 1.78. The number of hydrogen-bond acceptors (Lipinski definition) is 2. The Morgan fingerprint density at radius 3 is 2.36 bits per heavy atom. The number of amides is 1. The summed E-state index contributed by atoms with van der Waals surface area (Å²) in [7, 11) is 0. The number of alkyl halides is 3. The molecule has 0 radical (unpaired) electrons. The fraction of sp³-hybridized carbons (Fsp3) is 0.600. The van der Waals surface area contributed by atoms with E-state index in [1.54, 1.807) is 0 Å². The molecule has 6 heteroatoms.